The minimum absolute atomic E-state index is 0.0160. The van der Waals surface area contributed by atoms with Crippen LogP contribution in [0.15, 0.2) is 41.8 Å². The van der Waals surface area contributed by atoms with Crippen molar-refractivity contribution in [3.63, 3.8) is 0 Å². The van der Waals surface area contributed by atoms with Gasteiger partial charge in [-0.05, 0) is 97.9 Å². The van der Waals surface area contributed by atoms with Crippen molar-refractivity contribution in [3.8, 4) is 6.07 Å². The summed E-state index contributed by atoms with van der Waals surface area (Å²) in [7, 11) is -4.07. The maximum atomic E-state index is 13.1. The molecule has 35 heavy (non-hydrogen) atoms. The largest absolute Gasteiger partial charge is 0.333 e. The van der Waals surface area contributed by atoms with Gasteiger partial charge >= 0.3 is 6.03 Å². The van der Waals surface area contributed by atoms with Crippen molar-refractivity contribution in [2.75, 3.05) is 11.9 Å². The molecule has 1 heterocycles. The zero-order valence-electron chi connectivity index (χ0n) is 19.8. The first-order valence-corrected chi connectivity index (χ1v) is 13.8. The number of carbonyl (C=O) groups is 1. The number of fused-ring (bicyclic) bond motifs is 2. The molecular weight excluding hydrogens is 460 g/mol. The van der Waals surface area contributed by atoms with Crippen molar-refractivity contribution in [3.05, 3.63) is 75.2 Å². The number of rotatable bonds is 6. The second-order valence-electron chi connectivity index (χ2n) is 9.70. The van der Waals surface area contributed by atoms with Gasteiger partial charge in [-0.2, -0.15) is 5.26 Å². The van der Waals surface area contributed by atoms with Gasteiger partial charge in [0.15, 0.2) is 0 Å². The van der Waals surface area contributed by atoms with Crippen molar-refractivity contribution >= 4 is 21.7 Å². The second-order valence-corrected chi connectivity index (χ2v) is 11.4. The van der Waals surface area contributed by atoms with Crippen LogP contribution in [0.2, 0.25) is 0 Å². The molecule has 1 aliphatic heterocycles. The van der Waals surface area contributed by atoms with Gasteiger partial charge in [0, 0.05) is 18.3 Å². The summed E-state index contributed by atoms with van der Waals surface area (Å²) in [4.78, 5) is 15.0. The molecule has 2 aromatic carbocycles. The summed E-state index contributed by atoms with van der Waals surface area (Å²) >= 11 is 0. The van der Waals surface area contributed by atoms with E-state index in [0.717, 1.165) is 73.9 Å². The average Bonchev–Trinajstić information content (AvgIpc) is 3.59. The molecule has 2 amide bonds. The quantitative estimate of drug-likeness (QED) is 0.633. The molecule has 3 aliphatic rings. The van der Waals surface area contributed by atoms with Crippen LogP contribution in [0.25, 0.3) is 0 Å². The topological polar surface area (TPSA) is 102 Å². The predicted molar refractivity (Wildman–Crippen MR) is 135 cm³/mol. The molecule has 0 saturated carbocycles. The van der Waals surface area contributed by atoms with Gasteiger partial charge in [0.05, 0.1) is 16.5 Å². The molecule has 2 aliphatic carbocycles. The van der Waals surface area contributed by atoms with Crippen LogP contribution in [0.4, 0.5) is 10.5 Å². The maximum absolute atomic E-state index is 13.1. The number of urea groups is 1. The van der Waals surface area contributed by atoms with Crippen molar-refractivity contribution in [2.45, 2.75) is 64.0 Å². The Kier molecular flexibility index (Phi) is 6.39. The number of sulfonamides is 1. The first-order valence-electron chi connectivity index (χ1n) is 12.3. The van der Waals surface area contributed by atoms with E-state index in [1.807, 2.05) is 12.1 Å². The molecule has 2 aromatic rings. The zero-order chi connectivity index (χ0) is 24.6. The molecule has 7 nitrogen and oxygen atoms in total. The van der Waals surface area contributed by atoms with E-state index in [1.54, 1.807) is 12.1 Å². The van der Waals surface area contributed by atoms with Crippen LogP contribution in [0.1, 0.15) is 59.1 Å². The van der Waals surface area contributed by atoms with Crippen LogP contribution in [0, 0.1) is 11.3 Å². The Morgan fingerprint density at radius 2 is 1.71 bits per heavy atom. The number of benzene rings is 2. The van der Waals surface area contributed by atoms with Gasteiger partial charge in [0.25, 0.3) is 10.0 Å². The summed E-state index contributed by atoms with van der Waals surface area (Å²) in [6.07, 6.45) is 7.45. The number of nitrogens with one attached hydrogen (secondary N) is 2. The summed E-state index contributed by atoms with van der Waals surface area (Å²) in [6.45, 7) is 5.19. The Morgan fingerprint density at radius 1 is 1.06 bits per heavy atom. The highest BCUT2D eigenvalue weighted by molar-refractivity contribution is 7.94. The fourth-order valence-corrected chi connectivity index (χ4v) is 6.82. The van der Waals surface area contributed by atoms with Crippen molar-refractivity contribution in [1.29, 1.82) is 5.26 Å². The molecule has 0 aromatic heterocycles. The predicted octanol–water partition coefficient (Wildman–Crippen LogP) is 4.17. The molecule has 1 saturated heterocycles. The lowest BCUT2D eigenvalue weighted by Crippen LogP contribution is -2.41. The molecular formula is C27H30N4O3S. The molecule has 0 spiro atoms. The zero-order valence-corrected chi connectivity index (χ0v) is 20.6. The third-order valence-electron chi connectivity index (χ3n) is 7.49. The maximum Gasteiger partial charge on any atom is 0.333 e. The fraction of sp³-hybridized carbons (Fsp3) is 0.407. The van der Waals surface area contributed by atoms with Gasteiger partial charge in [-0.1, -0.05) is 24.8 Å². The summed E-state index contributed by atoms with van der Waals surface area (Å²) in [5.41, 5.74) is 7.26. The van der Waals surface area contributed by atoms with E-state index in [4.69, 9.17) is 5.26 Å². The molecule has 182 valence electrons. The molecule has 0 bridgehead atoms. The fourth-order valence-electron chi connectivity index (χ4n) is 5.77. The summed E-state index contributed by atoms with van der Waals surface area (Å²) in [5, 5.41) is 11.9. The van der Waals surface area contributed by atoms with Gasteiger partial charge < -0.3 is 5.32 Å². The molecule has 2 N–H and O–H groups in total. The highest BCUT2D eigenvalue weighted by Gasteiger charge is 2.34. The molecule has 1 unspecified atom stereocenters. The van der Waals surface area contributed by atoms with Gasteiger partial charge in [-0.3, -0.25) is 4.90 Å². The van der Waals surface area contributed by atoms with Crippen molar-refractivity contribution in [1.82, 2.24) is 9.62 Å². The third kappa shape index (κ3) is 4.71. The van der Waals surface area contributed by atoms with E-state index in [-0.39, 0.29) is 10.9 Å². The monoisotopic (exact) mass is 490 g/mol. The lowest BCUT2D eigenvalue weighted by molar-refractivity contribution is 0.256. The summed E-state index contributed by atoms with van der Waals surface area (Å²) in [6, 6.07) is 10.6. The molecule has 5 rings (SSSR count). The van der Waals surface area contributed by atoms with Crippen molar-refractivity contribution < 1.29 is 13.2 Å². The van der Waals surface area contributed by atoms with Crippen molar-refractivity contribution in [2.24, 2.45) is 0 Å². The van der Waals surface area contributed by atoms with Gasteiger partial charge in [-0.15, -0.1) is 0 Å². The van der Waals surface area contributed by atoms with Crippen LogP contribution >= 0.6 is 0 Å². The van der Waals surface area contributed by atoms with Gasteiger partial charge in [-0.25, -0.2) is 17.9 Å². The second kappa shape index (κ2) is 9.48. The lowest BCUT2D eigenvalue weighted by Gasteiger charge is -2.26. The number of carbonyl (C=O) groups excluding carboxylic acids is 1. The highest BCUT2D eigenvalue weighted by atomic mass is 32.2. The summed E-state index contributed by atoms with van der Waals surface area (Å²) in [5.74, 6) is 0. The van der Waals surface area contributed by atoms with E-state index >= 15 is 0 Å². The third-order valence-corrected chi connectivity index (χ3v) is 8.90. The first kappa shape index (κ1) is 23.6. The minimum Gasteiger partial charge on any atom is -0.307 e. The molecule has 8 heteroatoms. The van der Waals surface area contributed by atoms with Crippen LogP contribution in [-0.4, -0.2) is 31.9 Å². The van der Waals surface area contributed by atoms with E-state index in [0.29, 0.717) is 18.5 Å². The highest BCUT2D eigenvalue weighted by Crippen LogP contribution is 2.38. The average molecular weight is 491 g/mol. The molecule has 1 fully saturated rings. The number of likely N-dealkylation sites (tertiary alicyclic amines) is 1. The minimum atomic E-state index is -4.07. The Hall–Kier alpha value is -3.15. The summed E-state index contributed by atoms with van der Waals surface area (Å²) < 4.78 is 28.5. The smallest absolute Gasteiger partial charge is 0.307 e. The number of hydrogen-bond acceptors (Lipinski definition) is 5. The van der Waals surface area contributed by atoms with E-state index in [1.165, 1.54) is 11.1 Å². The van der Waals surface area contributed by atoms with Crippen LogP contribution in [-0.2, 0) is 42.3 Å². The van der Waals surface area contributed by atoms with E-state index in [2.05, 4.69) is 33.7 Å². The van der Waals surface area contributed by atoms with Gasteiger partial charge in [0.2, 0.25) is 0 Å². The Morgan fingerprint density at radius 3 is 2.34 bits per heavy atom. The Labute approximate surface area is 206 Å². The molecule has 0 radical (unpaired) electrons. The number of anilines is 1. The first-order chi connectivity index (χ1) is 16.9. The van der Waals surface area contributed by atoms with Crippen LogP contribution < -0.4 is 10.0 Å². The normalized spacial score (nSPS) is 19.1. The standard InChI is InChI=1S/C27H30N4O3S/c1-18(25-9-4-14-31(25)17-20-12-10-19(16-28)11-13-20)35(33,34)30-27(32)29-26-23-7-2-5-21(23)15-22-6-3-8-24(22)26/h10-13,15,25H,1-9,14,17H2,(H2,29,30,32). The van der Waals surface area contributed by atoms with Crippen LogP contribution in [0.5, 0.6) is 0 Å². The van der Waals surface area contributed by atoms with Gasteiger partial charge in [0.1, 0.15) is 0 Å². The Balaban J connectivity index is 1.28. The number of hydrogen-bond donors (Lipinski definition) is 2. The SMILES string of the molecule is C=C(C1CCCN1Cc1ccc(C#N)cc1)S(=O)(=O)NC(=O)Nc1c2c(cc3c1CCC3)CCC2. The van der Waals surface area contributed by atoms with Crippen LogP contribution in [0.3, 0.4) is 0 Å². The Bertz CT molecular complexity index is 1290. The number of amides is 2. The number of aryl methyl sites for hydroxylation is 2. The van der Waals surface area contributed by atoms with E-state index in [9.17, 15) is 13.2 Å². The van der Waals surface area contributed by atoms with E-state index < -0.39 is 16.1 Å². The number of nitrogens with zero attached hydrogens (tertiary/aromatic N) is 2. The molecule has 1 atom stereocenters. The lowest BCUT2D eigenvalue weighted by atomic mass is 9.99. The number of nitriles is 1.